The molecular formula is C50H46BN5O2S. The van der Waals surface area contributed by atoms with E-state index in [1.165, 1.54) is 47.7 Å². The van der Waals surface area contributed by atoms with Crippen molar-refractivity contribution < 1.29 is 9.31 Å². The molecule has 10 aromatic rings. The lowest BCUT2D eigenvalue weighted by Gasteiger charge is -2.37. The molecule has 9 heteroatoms. The summed E-state index contributed by atoms with van der Waals surface area (Å²) in [5, 5.41) is 5.11. The lowest BCUT2D eigenvalue weighted by molar-refractivity contribution is -0.0188. The van der Waals surface area contributed by atoms with Gasteiger partial charge in [0.25, 0.3) is 0 Å². The first-order valence-corrected chi connectivity index (χ1v) is 21.6. The third-order valence-corrected chi connectivity index (χ3v) is 14.3. The molecule has 7 heterocycles. The average Bonchev–Trinajstić information content (AvgIpc) is 4.06. The summed E-state index contributed by atoms with van der Waals surface area (Å²) < 4.78 is 23.0. The molecule has 0 aliphatic carbocycles. The van der Waals surface area contributed by atoms with Crippen molar-refractivity contribution in [3.05, 3.63) is 134 Å². The van der Waals surface area contributed by atoms with E-state index in [4.69, 9.17) is 19.3 Å². The van der Waals surface area contributed by atoms with E-state index in [1.807, 2.05) is 11.3 Å². The Labute approximate surface area is 348 Å². The first-order chi connectivity index (χ1) is 28.6. The fourth-order valence-electron chi connectivity index (χ4n) is 9.41. The van der Waals surface area contributed by atoms with Crippen LogP contribution in [0.4, 0.5) is 0 Å². The number of hydrogen-bond donors (Lipinski definition) is 0. The molecule has 0 spiro atoms. The van der Waals surface area contributed by atoms with Gasteiger partial charge < -0.3 is 23.0 Å². The second-order valence-corrected chi connectivity index (χ2v) is 18.4. The molecule has 1 saturated heterocycles. The number of rotatable bonds is 8. The number of pyridine rings is 2. The second kappa shape index (κ2) is 13.4. The predicted octanol–water partition coefficient (Wildman–Crippen LogP) is 12.4. The number of thiophene rings is 1. The summed E-state index contributed by atoms with van der Waals surface area (Å²) in [7, 11) is -0.516. The van der Waals surface area contributed by atoms with E-state index >= 15 is 0 Å². The fourth-order valence-corrected chi connectivity index (χ4v) is 10.6. The molecule has 292 valence electrons. The molecule has 2 unspecified atom stereocenters. The number of aromatic nitrogens is 5. The highest BCUT2D eigenvalue weighted by atomic mass is 32.1. The number of para-hydroxylation sites is 1. The highest BCUT2D eigenvalue weighted by Gasteiger charge is 2.55. The zero-order valence-corrected chi connectivity index (χ0v) is 35.1. The van der Waals surface area contributed by atoms with Gasteiger partial charge in [0.05, 0.1) is 60.3 Å². The molecule has 4 aromatic carbocycles. The third kappa shape index (κ3) is 5.70. The molecule has 1 fully saturated rings. The van der Waals surface area contributed by atoms with Gasteiger partial charge in [-0.1, -0.05) is 54.6 Å². The lowest BCUT2D eigenvalue weighted by atomic mass is 9.82. The molecule has 11 rings (SSSR count). The maximum atomic E-state index is 6.78. The Kier molecular flexibility index (Phi) is 8.25. The Hall–Kier alpha value is -5.74. The first-order valence-electron chi connectivity index (χ1n) is 20.8. The van der Waals surface area contributed by atoms with Crippen LogP contribution >= 0.6 is 11.3 Å². The van der Waals surface area contributed by atoms with Crippen LogP contribution in [0, 0.1) is 0 Å². The Morgan fingerprint density at radius 3 is 2.25 bits per heavy atom. The van der Waals surface area contributed by atoms with Crippen LogP contribution in [0.25, 0.3) is 81.0 Å². The number of benzene rings is 4. The Bertz CT molecular complexity index is 3250. The zero-order valence-electron chi connectivity index (χ0n) is 34.3. The van der Waals surface area contributed by atoms with Crippen LogP contribution in [0.15, 0.2) is 134 Å². The molecule has 1 aliphatic heterocycles. The summed E-state index contributed by atoms with van der Waals surface area (Å²) in [6.45, 7) is 13.1. The van der Waals surface area contributed by atoms with E-state index in [0.29, 0.717) is 6.04 Å². The summed E-state index contributed by atoms with van der Waals surface area (Å²) in [5.41, 5.74) is 9.78. The molecule has 0 radical (unpaired) electrons. The van der Waals surface area contributed by atoms with E-state index < -0.39 is 18.3 Å². The normalized spacial score (nSPS) is 17.6. The smallest absolute Gasteiger partial charge is 0.398 e. The third-order valence-electron chi connectivity index (χ3n) is 13.1. The zero-order chi connectivity index (χ0) is 40.2. The summed E-state index contributed by atoms with van der Waals surface area (Å²) in [6, 6.07) is 44.3. The second-order valence-electron chi connectivity index (χ2n) is 17.3. The highest BCUT2D eigenvalue weighted by molar-refractivity contribution is 7.26. The minimum atomic E-state index is -0.516. The van der Waals surface area contributed by atoms with E-state index in [2.05, 4.69) is 189 Å². The van der Waals surface area contributed by atoms with Crippen molar-refractivity contribution >= 4 is 88.1 Å². The minimum Gasteiger partial charge on any atom is -0.398 e. The van der Waals surface area contributed by atoms with Gasteiger partial charge in [-0.15, -0.1) is 11.3 Å². The molecule has 6 aromatic heterocycles. The SMILES string of the molecule is CC(C)n1ccc2nc(B3OC(C)(C)C(C)(CCC(C)n4ccc5nc(-c6ccc7sc8c9c%10ccccc%10ccc9n(-c9ccccc9)c8c7c6)ccc54)O3)ccc21. The Morgan fingerprint density at radius 2 is 1.42 bits per heavy atom. The van der Waals surface area contributed by atoms with Crippen LogP contribution in [0.1, 0.15) is 66.5 Å². The molecule has 59 heavy (non-hydrogen) atoms. The molecule has 7 nitrogen and oxygen atoms in total. The predicted molar refractivity (Wildman–Crippen MR) is 247 cm³/mol. The van der Waals surface area contributed by atoms with E-state index in [9.17, 15) is 0 Å². The number of hydrogen-bond acceptors (Lipinski definition) is 5. The van der Waals surface area contributed by atoms with Gasteiger partial charge in [-0.3, -0.25) is 4.98 Å². The standard InChI is InChI=1S/C50H46BN5O2S/c1-31(2)54-28-25-40-41(54)21-23-45(53-40)51-57-49(4,5)50(6,58-51)27-24-32(3)55-29-26-39-42(55)20-18-38(52-39)34-17-22-44-37(30-34)47-48(59-44)46-36-15-11-10-12-33(36)16-19-43(46)56(47)35-13-8-7-9-14-35/h7-23,25-26,28-32H,24,27H2,1-6H3. The molecule has 0 saturated carbocycles. The van der Waals surface area contributed by atoms with Gasteiger partial charge in [0.2, 0.25) is 0 Å². The maximum absolute atomic E-state index is 6.78. The quantitative estimate of drug-likeness (QED) is 0.144. The highest BCUT2D eigenvalue weighted by Crippen LogP contribution is 2.46. The van der Waals surface area contributed by atoms with Crippen LogP contribution in [0.5, 0.6) is 0 Å². The topological polar surface area (TPSA) is 59.0 Å². The number of fused-ring (bicyclic) bond motifs is 9. The fraction of sp³-hybridized carbons (Fsp3) is 0.240. The summed E-state index contributed by atoms with van der Waals surface area (Å²) >= 11 is 1.88. The van der Waals surface area contributed by atoms with Crippen LogP contribution in [0.2, 0.25) is 0 Å². The lowest BCUT2D eigenvalue weighted by Crippen LogP contribution is -2.45. The van der Waals surface area contributed by atoms with Gasteiger partial charge in [-0.25, -0.2) is 4.98 Å². The Balaban J connectivity index is 0.884. The maximum Gasteiger partial charge on any atom is 0.514 e. The molecule has 0 amide bonds. The average molecular weight is 792 g/mol. The van der Waals surface area contributed by atoms with Gasteiger partial charge in [0.15, 0.2) is 0 Å². The van der Waals surface area contributed by atoms with Crippen molar-refractivity contribution in [1.29, 1.82) is 0 Å². The Morgan fingerprint density at radius 1 is 0.695 bits per heavy atom. The van der Waals surface area contributed by atoms with Gasteiger partial charge in [0, 0.05) is 51.2 Å². The van der Waals surface area contributed by atoms with Crippen LogP contribution in [0.3, 0.4) is 0 Å². The van der Waals surface area contributed by atoms with Crippen LogP contribution in [-0.2, 0) is 9.31 Å². The van der Waals surface area contributed by atoms with Crippen molar-refractivity contribution in [3.8, 4) is 16.9 Å². The molecular weight excluding hydrogens is 745 g/mol. The summed E-state index contributed by atoms with van der Waals surface area (Å²) in [4.78, 5) is 10.2. The van der Waals surface area contributed by atoms with Crippen LogP contribution < -0.4 is 5.59 Å². The minimum absolute atomic E-state index is 0.229. The monoisotopic (exact) mass is 791 g/mol. The van der Waals surface area contributed by atoms with Gasteiger partial charge in [-0.05, 0) is 132 Å². The molecule has 1 aliphatic rings. The molecule has 2 atom stereocenters. The number of nitrogens with zero attached hydrogens (tertiary/aromatic N) is 5. The largest absolute Gasteiger partial charge is 0.514 e. The van der Waals surface area contributed by atoms with Crippen LogP contribution in [-0.4, -0.2) is 42.0 Å². The van der Waals surface area contributed by atoms with Gasteiger partial charge in [0.1, 0.15) is 0 Å². The van der Waals surface area contributed by atoms with Gasteiger partial charge >= 0.3 is 7.12 Å². The summed E-state index contributed by atoms with van der Waals surface area (Å²) in [6.07, 6.45) is 6.04. The molecule has 0 N–H and O–H groups in total. The van der Waals surface area contributed by atoms with Crippen molar-refractivity contribution in [3.63, 3.8) is 0 Å². The summed E-state index contributed by atoms with van der Waals surface area (Å²) in [5.74, 6) is 0. The first kappa shape index (κ1) is 36.4. The van der Waals surface area contributed by atoms with Crippen molar-refractivity contribution in [1.82, 2.24) is 23.7 Å². The molecule has 0 bridgehead atoms. The van der Waals surface area contributed by atoms with E-state index in [-0.39, 0.29) is 6.04 Å². The van der Waals surface area contributed by atoms with Crippen molar-refractivity contribution in [2.45, 2.75) is 77.7 Å². The van der Waals surface area contributed by atoms with Crippen molar-refractivity contribution in [2.75, 3.05) is 0 Å². The van der Waals surface area contributed by atoms with Crippen molar-refractivity contribution in [2.24, 2.45) is 0 Å². The van der Waals surface area contributed by atoms with E-state index in [0.717, 1.165) is 51.8 Å². The van der Waals surface area contributed by atoms with Gasteiger partial charge in [-0.2, -0.15) is 0 Å². The van der Waals surface area contributed by atoms with E-state index in [1.54, 1.807) is 0 Å².